The number of carbonyl (C=O) groups excluding carboxylic acids is 3. The number of anilines is 2. The second-order valence-electron chi connectivity index (χ2n) is 8.09. The second kappa shape index (κ2) is 11.4. The highest BCUT2D eigenvalue weighted by Crippen LogP contribution is 2.29. The molecule has 0 unspecified atom stereocenters. The summed E-state index contributed by atoms with van der Waals surface area (Å²) in [6.45, 7) is 2.91. The summed E-state index contributed by atoms with van der Waals surface area (Å²) in [7, 11) is -1.81. The first-order valence-electron chi connectivity index (χ1n) is 10.9. The van der Waals surface area contributed by atoms with Crippen LogP contribution in [0.25, 0.3) is 0 Å². The van der Waals surface area contributed by atoms with Crippen LogP contribution in [0.1, 0.15) is 31.8 Å². The van der Waals surface area contributed by atoms with Crippen molar-refractivity contribution in [3.8, 4) is 0 Å². The molecule has 0 aliphatic heterocycles. The third-order valence-electron chi connectivity index (χ3n) is 5.38. The normalized spacial score (nSPS) is 10.9. The van der Waals surface area contributed by atoms with Gasteiger partial charge in [-0.15, -0.1) is 0 Å². The summed E-state index contributed by atoms with van der Waals surface area (Å²) in [5, 5.41) is 2.97. The van der Waals surface area contributed by atoms with E-state index in [-0.39, 0.29) is 27.4 Å². The zero-order chi connectivity index (χ0) is 27.3. The summed E-state index contributed by atoms with van der Waals surface area (Å²) in [6, 6.07) is 14.8. The standard InChI is InChI=1S/C26H25ClN2O7S/c1-16-5-8-22(9-6-16)37(33,34)29(23-10-7-20(27)11-17(23)2)15-24(30)28-21-13-18(25(31)35-3)12-19(14-21)26(32)36-4/h5-14H,15H2,1-4H3,(H,28,30). The molecule has 1 N–H and O–H groups in total. The topological polar surface area (TPSA) is 119 Å². The molecule has 0 aromatic heterocycles. The third-order valence-corrected chi connectivity index (χ3v) is 7.39. The number of sulfonamides is 1. The molecule has 0 atom stereocenters. The van der Waals surface area contributed by atoms with Crippen LogP contribution in [0.15, 0.2) is 65.6 Å². The van der Waals surface area contributed by atoms with Gasteiger partial charge < -0.3 is 14.8 Å². The molecular weight excluding hydrogens is 520 g/mol. The molecule has 194 valence electrons. The van der Waals surface area contributed by atoms with Gasteiger partial charge in [0.15, 0.2) is 0 Å². The molecule has 3 aromatic carbocycles. The van der Waals surface area contributed by atoms with Gasteiger partial charge in [0.25, 0.3) is 10.0 Å². The number of methoxy groups -OCH3 is 2. The number of carbonyl (C=O) groups is 3. The fraction of sp³-hybridized carbons (Fsp3) is 0.192. The van der Waals surface area contributed by atoms with Crippen LogP contribution >= 0.6 is 11.6 Å². The number of hydrogen-bond acceptors (Lipinski definition) is 7. The molecule has 0 bridgehead atoms. The fourth-order valence-corrected chi connectivity index (χ4v) is 5.25. The Morgan fingerprint density at radius 1 is 0.865 bits per heavy atom. The van der Waals surface area contributed by atoms with Gasteiger partial charge >= 0.3 is 11.9 Å². The lowest BCUT2D eigenvalue weighted by Crippen LogP contribution is -2.38. The van der Waals surface area contributed by atoms with Gasteiger partial charge in [0.1, 0.15) is 6.54 Å². The van der Waals surface area contributed by atoms with E-state index < -0.39 is 34.4 Å². The predicted molar refractivity (Wildman–Crippen MR) is 140 cm³/mol. The number of benzene rings is 3. The van der Waals surface area contributed by atoms with Crippen LogP contribution in [0, 0.1) is 13.8 Å². The molecule has 0 radical (unpaired) electrons. The van der Waals surface area contributed by atoms with Gasteiger partial charge in [-0.3, -0.25) is 9.10 Å². The first-order chi connectivity index (χ1) is 17.5. The highest BCUT2D eigenvalue weighted by Gasteiger charge is 2.28. The van der Waals surface area contributed by atoms with Crippen molar-refractivity contribution in [1.29, 1.82) is 0 Å². The lowest BCUT2D eigenvalue weighted by molar-refractivity contribution is -0.114. The van der Waals surface area contributed by atoms with Gasteiger partial charge in [-0.2, -0.15) is 0 Å². The van der Waals surface area contributed by atoms with E-state index in [1.807, 2.05) is 6.92 Å². The molecule has 9 nitrogen and oxygen atoms in total. The molecule has 0 aliphatic rings. The van der Waals surface area contributed by atoms with Gasteiger partial charge in [0.2, 0.25) is 5.91 Å². The van der Waals surface area contributed by atoms with E-state index in [1.165, 1.54) is 56.7 Å². The van der Waals surface area contributed by atoms with E-state index >= 15 is 0 Å². The smallest absolute Gasteiger partial charge is 0.337 e. The molecule has 0 saturated heterocycles. The van der Waals surface area contributed by atoms with E-state index in [0.29, 0.717) is 10.6 Å². The Hall–Kier alpha value is -3.89. The predicted octanol–water partition coefficient (Wildman–Crippen LogP) is 4.36. The fourth-order valence-electron chi connectivity index (χ4n) is 3.54. The molecule has 3 rings (SSSR count). The van der Waals surface area contributed by atoms with E-state index in [4.69, 9.17) is 21.1 Å². The van der Waals surface area contributed by atoms with Crippen molar-refractivity contribution in [2.75, 3.05) is 30.4 Å². The van der Waals surface area contributed by atoms with Crippen LogP contribution in [-0.4, -0.2) is 47.0 Å². The van der Waals surface area contributed by atoms with Crippen LogP contribution in [0.4, 0.5) is 11.4 Å². The van der Waals surface area contributed by atoms with Gasteiger partial charge in [0, 0.05) is 10.7 Å². The molecule has 0 heterocycles. The Labute approximate surface area is 220 Å². The maximum absolute atomic E-state index is 13.6. The van der Waals surface area contributed by atoms with Crippen molar-refractivity contribution in [3.63, 3.8) is 0 Å². The van der Waals surface area contributed by atoms with E-state index in [9.17, 15) is 22.8 Å². The summed E-state index contributed by atoms with van der Waals surface area (Å²) in [5.74, 6) is -2.19. The van der Waals surface area contributed by atoms with Crippen molar-refractivity contribution in [3.05, 3.63) is 87.9 Å². The number of hydrogen-bond donors (Lipinski definition) is 1. The van der Waals surface area contributed by atoms with Gasteiger partial charge in [-0.1, -0.05) is 29.3 Å². The van der Waals surface area contributed by atoms with Gasteiger partial charge in [-0.25, -0.2) is 18.0 Å². The van der Waals surface area contributed by atoms with Gasteiger partial charge in [-0.05, 0) is 67.9 Å². The molecule has 0 aliphatic carbocycles. The zero-order valence-corrected chi connectivity index (χ0v) is 22.1. The number of nitrogens with zero attached hydrogens (tertiary/aromatic N) is 1. The van der Waals surface area contributed by atoms with Crippen molar-refractivity contribution >= 4 is 50.8 Å². The zero-order valence-electron chi connectivity index (χ0n) is 20.6. The van der Waals surface area contributed by atoms with Gasteiger partial charge in [0.05, 0.1) is 35.9 Å². The van der Waals surface area contributed by atoms with Crippen molar-refractivity contribution in [2.24, 2.45) is 0 Å². The number of nitrogens with one attached hydrogen (secondary N) is 1. The minimum absolute atomic E-state index is 0.000848. The highest BCUT2D eigenvalue weighted by atomic mass is 35.5. The molecule has 0 fully saturated rings. The maximum atomic E-state index is 13.6. The Morgan fingerprint density at radius 2 is 1.43 bits per heavy atom. The van der Waals surface area contributed by atoms with Crippen molar-refractivity contribution in [2.45, 2.75) is 18.7 Å². The molecule has 1 amide bonds. The minimum Gasteiger partial charge on any atom is -0.465 e. The number of halogens is 1. The van der Waals surface area contributed by atoms with Crippen LogP contribution in [0.3, 0.4) is 0 Å². The molecule has 0 spiro atoms. The Balaban J connectivity index is 2.01. The largest absolute Gasteiger partial charge is 0.465 e. The number of esters is 2. The number of amides is 1. The summed E-state index contributed by atoms with van der Waals surface area (Å²) in [6.07, 6.45) is 0. The molecular formula is C26H25ClN2O7S. The lowest BCUT2D eigenvalue weighted by Gasteiger charge is -2.26. The monoisotopic (exact) mass is 544 g/mol. The second-order valence-corrected chi connectivity index (χ2v) is 10.4. The SMILES string of the molecule is COC(=O)c1cc(NC(=O)CN(c2ccc(Cl)cc2C)S(=O)(=O)c2ccc(C)cc2)cc(C(=O)OC)c1. The lowest BCUT2D eigenvalue weighted by atomic mass is 10.1. The molecule has 11 heteroatoms. The summed E-state index contributed by atoms with van der Waals surface area (Å²) >= 11 is 6.07. The van der Waals surface area contributed by atoms with Crippen LogP contribution in [0.2, 0.25) is 5.02 Å². The first kappa shape index (κ1) is 27.7. The number of ether oxygens (including phenoxy) is 2. The van der Waals surface area contributed by atoms with E-state index in [2.05, 4.69) is 5.32 Å². The number of rotatable bonds is 8. The molecule has 3 aromatic rings. The maximum Gasteiger partial charge on any atom is 0.337 e. The summed E-state index contributed by atoms with van der Waals surface area (Å²) in [5.41, 5.74) is 1.75. The average molecular weight is 545 g/mol. The molecule has 37 heavy (non-hydrogen) atoms. The minimum atomic E-state index is -4.16. The third kappa shape index (κ3) is 6.46. The molecule has 0 saturated carbocycles. The number of aryl methyl sites for hydroxylation is 2. The Morgan fingerprint density at radius 3 is 1.95 bits per heavy atom. The average Bonchev–Trinajstić information content (AvgIpc) is 2.86. The van der Waals surface area contributed by atoms with Crippen LogP contribution < -0.4 is 9.62 Å². The highest BCUT2D eigenvalue weighted by molar-refractivity contribution is 7.92. The Bertz CT molecular complexity index is 1420. The quantitative estimate of drug-likeness (QED) is 0.418. The van der Waals surface area contributed by atoms with Crippen LogP contribution in [0.5, 0.6) is 0 Å². The van der Waals surface area contributed by atoms with Crippen molar-refractivity contribution in [1.82, 2.24) is 0 Å². The Kier molecular flexibility index (Phi) is 8.57. The van der Waals surface area contributed by atoms with Crippen molar-refractivity contribution < 1.29 is 32.3 Å². The first-order valence-corrected chi connectivity index (χ1v) is 12.7. The summed E-state index contributed by atoms with van der Waals surface area (Å²) in [4.78, 5) is 37.3. The van der Waals surface area contributed by atoms with Crippen LogP contribution in [-0.2, 0) is 24.3 Å². The summed E-state index contributed by atoms with van der Waals surface area (Å²) < 4.78 is 37.6. The van der Waals surface area contributed by atoms with E-state index in [1.54, 1.807) is 25.1 Å². The van der Waals surface area contributed by atoms with E-state index in [0.717, 1.165) is 9.87 Å².